The Kier molecular flexibility index (Phi) is 3.83. The van der Waals surface area contributed by atoms with Gasteiger partial charge in [-0.15, -0.1) is 0 Å². The van der Waals surface area contributed by atoms with Crippen LogP contribution >= 0.6 is 15.9 Å². The number of Topliss-reactive ketones (excluding diaryl/α,β-unsaturated/α-hetero) is 1. The van der Waals surface area contributed by atoms with Crippen molar-refractivity contribution in [3.05, 3.63) is 34.3 Å². The van der Waals surface area contributed by atoms with Gasteiger partial charge in [0.15, 0.2) is 5.78 Å². The highest BCUT2D eigenvalue weighted by atomic mass is 79.9. The van der Waals surface area contributed by atoms with Crippen molar-refractivity contribution in [2.75, 3.05) is 0 Å². The molecule has 1 aromatic rings. The summed E-state index contributed by atoms with van der Waals surface area (Å²) in [6.07, 6.45) is 1.33. The number of carbonyl (C=O) groups excluding carboxylic acids is 2. The minimum atomic E-state index is -0.000394. The van der Waals surface area contributed by atoms with Gasteiger partial charge in [-0.05, 0) is 6.07 Å². The second-order valence-electron chi connectivity index (χ2n) is 2.61. The third-order valence-corrected chi connectivity index (χ3v) is 2.36. The average Bonchev–Trinajstić information content (AvgIpc) is 2.15. The Morgan fingerprint density at radius 2 is 2.08 bits per heavy atom. The molecule has 0 radical (unpaired) electrons. The van der Waals surface area contributed by atoms with Crippen LogP contribution in [0.15, 0.2) is 28.7 Å². The molecule has 2 nitrogen and oxygen atoms in total. The third-order valence-electron chi connectivity index (χ3n) is 1.66. The van der Waals surface area contributed by atoms with E-state index < -0.39 is 0 Å². The molecule has 0 heterocycles. The molecule has 0 aromatic heterocycles. The number of aldehydes is 1. The molecule has 0 spiro atoms. The van der Waals surface area contributed by atoms with Gasteiger partial charge in [0.1, 0.15) is 6.29 Å². The zero-order chi connectivity index (χ0) is 9.68. The Balaban J connectivity index is 2.76. The standard InChI is InChI=1S/C10H9BrO2/c11-9-5-2-1-4-8(9)10(13)6-3-7-12/h1-2,4-5,7H,3,6H2. The minimum absolute atomic E-state index is 0.000394. The first-order chi connectivity index (χ1) is 6.25. The van der Waals surface area contributed by atoms with Gasteiger partial charge in [0, 0.05) is 22.9 Å². The summed E-state index contributed by atoms with van der Waals surface area (Å²) < 4.78 is 0.783. The molecule has 0 atom stereocenters. The lowest BCUT2D eigenvalue weighted by Gasteiger charge is -2.00. The van der Waals surface area contributed by atoms with Crippen LogP contribution in [0.5, 0.6) is 0 Å². The van der Waals surface area contributed by atoms with Crippen molar-refractivity contribution >= 4 is 28.0 Å². The fourth-order valence-electron chi connectivity index (χ4n) is 1.01. The van der Waals surface area contributed by atoms with Gasteiger partial charge in [0.2, 0.25) is 0 Å². The van der Waals surface area contributed by atoms with E-state index in [9.17, 15) is 9.59 Å². The molecule has 0 fully saturated rings. The van der Waals surface area contributed by atoms with E-state index in [-0.39, 0.29) is 12.2 Å². The first-order valence-corrected chi connectivity index (χ1v) is 4.76. The van der Waals surface area contributed by atoms with Crippen LogP contribution in [0, 0.1) is 0 Å². The predicted molar refractivity (Wildman–Crippen MR) is 53.8 cm³/mol. The molecule has 0 unspecified atom stereocenters. The molecule has 3 heteroatoms. The highest BCUT2D eigenvalue weighted by Gasteiger charge is 2.07. The highest BCUT2D eigenvalue weighted by molar-refractivity contribution is 9.10. The first kappa shape index (κ1) is 10.1. The zero-order valence-corrected chi connectivity index (χ0v) is 8.58. The Bertz CT molecular complexity index is 320. The maximum atomic E-state index is 11.4. The number of ketones is 1. The van der Waals surface area contributed by atoms with Gasteiger partial charge < -0.3 is 4.79 Å². The lowest BCUT2D eigenvalue weighted by atomic mass is 10.1. The van der Waals surface area contributed by atoms with Crippen LogP contribution in [-0.4, -0.2) is 12.1 Å². The summed E-state index contributed by atoms with van der Waals surface area (Å²) in [5, 5.41) is 0. The van der Waals surface area contributed by atoms with E-state index in [1.54, 1.807) is 12.1 Å². The normalized spacial score (nSPS) is 9.62. The number of halogens is 1. The third kappa shape index (κ3) is 2.77. The molecule has 0 aliphatic rings. The van der Waals surface area contributed by atoms with Gasteiger partial charge in [0.05, 0.1) is 0 Å². The van der Waals surface area contributed by atoms with E-state index in [0.29, 0.717) is 12.0 Å². The van der Waals surface area contributed by atoms with Gasteiger partial charge >= 0.3 is 0 Å². The lowest BCUT2D eigenvalue weighted by Crippen LogP contribution is -1.99. The smallest absolute Gasteiger partial charge is 0.164 e. The number of carbonyl (C=O) groups is 2. The van der Waals surface area contributed by atoms with E-state index in [0.717, 1.165) is 10.8 Å². The van der Waals surface area contributed by atoms with Crippen LogP contribution in [0.3, 0.4) is 0 Å². The molecule has 0 amide bonds. The lowest BCUT2D eigenvalue weighted by molar-refractivity contribution is -0.107. The molecule has 1 rings (SSSR count). The Morgan fingerprint density at radius 3 is 2.69 bits per heavy atom. The van der Waals surface area contributed by atoms with Crippen molar-refractivity contribution in [3.63, 3.8) is 0 Å². The van der Waals surface area contributed by atoms with Crippen molar-refractivity contribution in [1.29, 1.82) is 0 Å². The summed E-state index contributed by atoms with van der Waals surface area (Å²) in [5.41, 5.74) is 0.643. The summed E-state index contributed by atoms with van der Waals surface area (Å²) in [6.45, 7) is 0. The number of hydrogen-bond donors (Lipinski definition) is 0. The zero-order valence-electron chi connectivity index (χ0n) is 7.00. The maximum absolute atomic E-state index is 11.4. The summed E-state index contributed by atoms with van der Waals surface area (Å²) in [7, 11) is 0. The average molecular weight is 241 g/mol. The number of rotatable bonds is 4. The molecule has 0 saturated heterocycles. The van der Waals surface area contributed by atoms with E-state index >= 15 is 0 Å². The first-order valence-electron chi connectivity index (χ1n) is 3.97. The van der Waals surface area contributed by atoms with E-state index in [1.807, 2.05) is 12.1 Å². The maximum Gasteiger partial charge on any atom is 0.164 e. The van der Waals surface area contributed by atoms with Crippen LogP contribution in [0.4, 0.5) is 0 Å². The SMILES string of the molecule is O=CCCC(=O)c1ccccc1Br. The molecule has 0 bridgehead atoms. The van der Waals surface area contributed by atoms with Crippen molar-refractivity contribution < 1.29 is 9.59 Å². The van der Waals surface area contributed by atoms with Gasteiger partial charge in [-0.2, -0.15) is 0 Å². The molecule has 0 aliphatic heterocycles. The van der Waals surface area contributed by atoms with Crippen LogP contribution in [-0.2, 0) is 4.79 Å². The molecule has 0 saturated carbocycles. The molecule has 68 valence electrons. The van der Waals surface area contributed by atoms with Gasteiger partial charge in [-0.1, -0.05) is 34.1 Å². The quantitative estimate of drug-likeness (QED) is 0.599. The predicted octanol–water partition coefficient (Wildman–Crippen LogP) is 2.61. The van der Waals surface area contributed by atoms with Crippen molar-refractivity contribution in [2.24, 2.45) is 0 Å². The molecular weight excluding hydrogens is 232 g/mol. The number of benzene rings is 1. The Morgan fingerprint density at radius 1 is 1.38 bits per heavy atom. The van der Waals surface area contributed by atoms with E-state index in [1.165, 1.54) is 0 Å². The molecular formula is C10H9BrO2. The van der Waals surface area contributed by atoms with Crippen molar-refractivity contribution in [3.8, 4) is 0 Å². The largest absolute Gasteiger partial charge is 0.303 e. The molecule has 13 heavy (non-hydrogen) atoms. The van der Waals surface area contributed by atoms with Gasteiger partial charge in [-0.25, -0.2) is 0 Å². The van der Waals surface area contributed by atoms with Crippen molar-refractivity contribution in [2.45, 2.75) is 12.8 Å². The second kappa shape index (κ2) is 4.92. The van der Waals surface area contributed by atoms with Gasteiger partial charge in [-0.3, -0.25) is 4.79 Å². The van der Waals surface area contributed by atoms with E-state index in [2.05, 4.69) is 15.9 Å². The minimum Gasteiger partial charge on any atom is -0.303 e. The fourth-order valence-corrected chi connectivity index (χ4v) is 1.52. The summed E-state index contributed by atoms with van der Waals surface area (Å²) in [6, 6.07) is 7.21. The summed E-state index contributed by atoms with van der Waals surface area (Å²) >= 11 is 3.28. The molecule has 0 aliphatic carbocycles. The molecule has 0 N–H and O–H groups in total. The van der Waals surface area contributed by atoms with Crippen LogP contribution < -0.4 is 0 Å². The number of hydrogen-bond acceptors (Lipinski definition) is 2. The summed E-state index contributed by atoms with van der Waals surface area (Å²) in [5.74, 6) is -0.000394. The second-order valence-corrected chi connectivity index (χ2v) is 3.46. The van der Waals surface area contributed by atoms with Gasteiger partial charge in [0.25, 0.3) is 0 Å². The highest BCUT2D eigenvalue weighted by Crippen LogP contribution is 2.17. The van der Waals surface area contributed by atoms with E-state index in [4.69, 9.17) is 0 Å². The van der Waals surface area contributed by atoms with Crippen molar-refractivity contribution in [1.82, 2.24) is 0 Å². The topological polar surface area (TPSA) is 34.1 Å². The fraction of sp³-hybridized carbons (Fsp3) is 0.200. The molecule has 1 aromatic carbocycles. The van der Waals surface area contributed by atoms with Crippen LogP contribution in [0.1, 0.15) is 23.2 Å². The van der Waals surface area contributed by atoms with Crippen LogP contribution in [0.2, 0.25) is 0 Å². The Hall–Kier alpha value is -0.960. The van der Waals surface area contributed by atoms with Crippen LogP contribution in [0.25, 0.3) is 0 Å². The summed E-state index contributed by atoms with van der Waals surface area (Å²) in [4.78, 5) is 21.5. The monoisotopic (exact) mass is 240 g/mol. The Labute approximate surface area is 85.1 Å².